The van der Waals surface area contributed by atoms with Gasteiger partial charge in [0.1, 0.15) is 5.75 Å². The smallest absolute Gasteiger partial charge is 0.233 e. The molecule has 4 nitrogen and oxygen atoms in total. The molecule has 0 unspecified atom stereocenters. The molecule has 0 atom stereocenters. The second-order valence-corrected chi connectivity index (χ2v) is 8.34. The number of methoxy groups -OCH3 is 1. The van der Waals surface area contributed by atoms with Gasteiger partial charge < -0.3 is 9.64 Å². The zero-order chi connectivity index (χ0) is 19.2. The summed E-state index contributed by atoms with van der Waals surface area (Å²) in [6, 6.07) is 16.1. The van der Waals surface area contributed by atoms with E-state index in [0.717, 1.165) is 26.9 Å². The van der Waals surface area contributed by atoms with Crippen molar-refractivity contribution in [2.75, 3.05) is 19.9 Å². The van der Waals surface area contributed by atoms with Crippen LogP contribution >= 0.6 is 23.1 Å². The molecule has 0 radical (unpaired) electrons. The Morgan fingerprint density at radius 1 is 1.22 bits per heavy atom. The van der Waals surface area contributed by atoms with Gasteiger partial charge in [-0.3, -0.25) is 4.79 Å². The van der Waals surface area contributed by atoms with E-state index in [4.69, 9.17) is 4.74 Å². The minimum atomic E-state index is 0.0786. The van der Waals surface area contributed by atoms with Crippen LogP contribution in [0.3, 0.4) is 0 Å². The summed E-state index contributed by atoms with van der Waals surface area (Å²) >= 11 is 3.06. The number of thiazole rings is 1. The standard InChI is InChI=1S/C21H22N2O2S2/c1-15-7-9-17(10-8-15)19-13-26-21(22-19)27-14-20(24)23(2)12-16-5-4-6-18(11-16)25-3/h4-11,13H,12,14H2,1-3H3. The number of amides is 1. The predicted octanol–water partition coefficient (Wildman–Crippen LogP) is 4.88. The molecule has 0 saturated carbocycles. The largest absolute Gasteiger partial charge is 0.497 e. The summed E-state index contributed by atoms with van der Waals surface area (Å²) in [5.74, 6) is 1.26. The third-order valence-corrected chi connectivity index (χ3v) is 6.13. The zero-order valence-corrected chi connectivity index (χ0v) is 17.3. The molecule has 0 N–H and O–H groups in total. The summed E-state index contributed by atoms with van der Waals surface area (Å²) in [5.41, 5.74) is 4.34. The van der Waals surface area contributed by atoms with Crippen LogP contribution in [0.5, 0.6) is 5.75 Å². The SMILES string of the molecule is COc1cccc(CN(C)C(=O)CSc2nc(-c3ccc(C)cc3)cs2)c1. The topological polar surface area (TPSA) is 42.4 Å². The van der Waals surface area contributed by atoms with Gasteiger partial charge in [0.05, 0.1) is 18.6 Å². The number of aromatic nitrogens is 1. The normalized spacial score (nSPS) is 10.6. The average Bonchev–Trinajstić information content (AvgIpc) is 3.15. The Morgan fingerprint density at radius 2 is 2.00 bits per heavy atom. The van der Waals surface area contributed by atoms with Gasteiger partial charge in [0.25, 0.3) is 0 Å². The molecular weight excluding hydrogens is 376 g/mol. The lowest BCUT2D eigenvalue weighted by molar-refractivity contribution is -0.127. The minimum Gasteiger partial charge on any atom is -0.497 e. The van der Waals surface area contributed by atoms with Gasteiger partial charge in [-0.05, 0) is 24.6 Å². The first-order valence-electron chi connectivity index (χ1n) is 8.57. The van der Waals surface area contributed by atoms with Crippen LogP contribution in [0, 0.1) is 6.92 Å². The zero-order valence-electron chi connectivity index (χ0n) is 15.6. The Balaban J connectivity index is 1.54. The first-order valence-corrected chi connectivity index (χ1v) is 10.4. The van der Waals surface area contributed by atoms with E-state index in [1.54, 1.807) is 23.3 Å². The summed E-state index contributed by atoms with van der Waals surface area (Å²) in [6.07, 6.45) is 0. The Kier molecular flexibility index (Phi) is 6.53. The number of rotatable bonds is 7. The van der Waals surface area contributed by atoms with Gasteiger partial charge in [-0.15, -0.1) is 11.3 Å². The second-order valence-electron chi connectivity index (χ2n) is 6.25. The van der Waals surface area contributed by atoms with Crippen molar-refractivity contribution in [3.63, 3.8) is 0 Å². The van der Waals surface area contributed by atoms with Crippen LogP contribution in [0.25, 0.3) is 11.3 Å². The Labute approximate surface area is 168 Å². The number of aryl methyl sites for hydroxylation is 1. The number of nitrogens with zero attached hydrogens (tertiary/aromatic N) is 2. The van der Waals surface area contributed by atoms with Gasteiger partial charge in [0.2, 0.25) is 5.91 Å². The summed E-state index contributed by atoms with van der Waals surface area (Å²) in [7, 11) is 3.46. The van der Waals surface area contributed by atoms with Crippen LogP contribution in [-0.2, 0) is 11.3 Å². The van der Waals surface area contributed by atoms with Gasteiger partial charge in [0, 0.05) is 24.5 Å². The van der Waals surface area contributed by atoms with Crippen molar-refractivity contribution in [2.24, 2.45) is 0 Å². The molecule has 0 spiro atoms. The fourth-order valence-electron chi connectivity index (χ4n) is 2.55. The van der Waals surface area contributed by atoms with E-state index >= 15 is 0 Å². The monoisotopic (exact) mass is 398 g/mol. The van der Waals surface area contributed by atoms with Crippen LogP contribution in [0.1, 0.15) is 11.1 Å². The molecule has 0 bridgehead atoms. The fourth-order valence-corrected chi connectivity index (χ4v) is 4.32. The minimum absolute atomic E-state index is 0.0786. The van der Waals surface area contributed by atoms with Crippen LogP contribution in [0.2, 0.25) is 0 Å². The first kappa shape index (κ1) is 19.5. The molecule has 27 heavy (non-hydrogen) atoms. The lowest BCUT2D eigenvalue weighted by atomic mass is 10.1. The van der Waals surface area contributed by atoms with Crippen LogP contribution in [0.15, 0.2) is 58.3 Å². The maximum atomic E-state index is 12.4. The molecule has 1 aromatic heterocycles. The molecule has 3 aromatic rings. The molecule has 0 aliphatic rings. The van der Waals surface area contributed by atoms with Crippen molar-refractivity contribution in [1.82, 2.24) is 9.88 Å². The molecule has 1 heterocycles. The van der Waals surface area contributed by atoms with E-state index in [1.165, 1.54) is 17.3 Å². The van der Waals surface area contributed by atoms with Gasteiger partial charge >= 0.3 is 0 Å². The first-order chi connectivity index (χ1) is 13.0. The molecule has 140 valence electrons. The highest BCUT2D eigenvalue weighted by molar-refractivity contribution is 8.01. The molecule has 6 heteroatoms. The van der Waals surface area contributed by atoms with E-state index in [1.807, 2.05) is 36.7 Å². The number of hydrogen-bond acceptors (Lipinski definition) is 5. The molecule has 0 fully saturated rings. The third-order valence-electron chi connectivity index (χ3n) is 4.13. The van der Waals surface area contributed by atoms with Crippen molar-refractivity contribution >= 4 is 29.0 Å². The average molecular weight is 399 g/mol. The Hall–Kier alpha value is -2.31. The number of hydrogen-bond donors (Lipinski definition) is 0. The number of ether oxygens (including phenoxy) is 1. The van der Waals surface area contributed by atoms with E-state index < -0.39 is 0 Å². The molecule has 2 aromatic carbocycles. The van der Waals surface area contributed by atoms with Gasteiger partial charge in [-0.2, -0.15) is 0 Å². The summed E-state index contributed by atoms with van der Waals surface area (Å²) < 4.78 is 6.14. The molecule has 0 aliphatic heterocycles. The van der Waals surface area contributed by atoms with Crippen molar-refractivity contribution in [1.29, 1.82) is 0 Å². The highest BCUT2D eigenvalue weighted by atomic mass is 32.2. The predicted molar refractivity (Wildman–Crippen MR) is 112 cm³/mol. The third kappa shape index (κ3) is 5.34. The number of benzene rings is 2. The number of thioether (sulfide) groups is 1. The van der Waals surface area contributed by atoms with Crippen LogP contribution in [-0.4, -0.2) is 35.7 Å². The highest BCUT2D eigenvalue weighted by Crippen LogP contribution is 2.28. The molecular formula is C21H22N2O2S2. The van der Waals surface area contributed by atoms with Crippen molar-refractivity contribution in [2.45, 2.75) is 17.8 Å². The Bertz CT molecular complexity index is 907. The van der Waals surface area contributed by atoms with Gasteiger partial charge in [0.15, 0.2) is 4.34 Å². The fraction of sp³-hybridized carbons (Fsp3) is 0.238. The second kappa shape index (κ2) is 9.06. The maximum Gasteiger partial charge on any atom is 0.233 e. The van der Waals surface area contributed by atoms with Crippen LogP contribution < -0.4 is 4.74 Å². The van der Waals surface area contributed by atoms with E-state index in [0.29, 0.717) is 12.3 Å². The summed E-state index contributed by atoms with van der Waals surface area (Å²) in [6.45, 7) is 2.63. The van der Waals surface area contributed by atoms with E-state index in [-0.39, 0.29) is 5.91 Å². The maximum absolute atomic E-state index is 12.4. The molecule has 0 aliphatic carbocycles. The number of carbonyl (C=O) groups excluding carboxylic acids is 1. The summed E-state index contributed by atoms with van der Waals surface area (Å²) in [4.78, 5) is 18.8. The van der Waals surface area contributed by atoms with Crippen molar-refractivity contribution in [3.05, 3.63) is 65.0 Å². The molecule has 1 amide bonds. The van der Waals surface area contributed by atoms with Crippen molar-refractivity contribution < 1.29 is 9.53 Å². The van der Waals surface area contributed by atoms with Gasteiger partial charge in [-0.25, -0.2) is 4.98 Å². The number of carbonyl (C=O) groups is 1. The van der Waals surface area contributed by atoms with Crippen molar-refractivity contribution in [3.8, 4) is 17.0 Å². The molecule has 3 rings (SSSR count). The molecule has 0 saturated heterocycles. The van der Waals surface area contributed by atoms with Gasteiger partial charge in [-0.1, -0.05) is 53.7 Å². The lowest BCUT2D eigenvalue weighted by Crippen LogP contribution is -2.27. The lowest BCUT2D eigenvalue weighted by Gasteiger charge is -2.17. The van der Waals surface area contributed by atoms with E-state index in [9.17, 15) is 4.79 Å². The quantitative estimate of drug-likeness (QED) is 0.532. The highest BCUT2D eigenvalue weighted by Gasteiger charge is 2.12. The van der Waals surface area contributed by atoms with Crippen LogP contribution in [0.4, 0.5) is 0 Å². The van der Waals surface area contributed by atoms with E-state index in [2.05, 4.69) is 36.2 Å². The Morgan fingerprint density at radius 3 is 2.74 bits per heavy atom. The summed E-state index contributed by atoms with van der Waals surface area (Å²) in [5, 5.41) is 2.04.